The first-order valence-corrected chi connectivity index (χ1v) is 11.6. The summed E-state index contributed by atoms with van der Waals surface area (Å²) in [6, 6.07) is 7.17. The maximum absolute atomic E-state index is 13.1. The lowest BCUT2D eigenvalue weighted by Crippen LogP contribution is -2.62. The van der Waals surface area contributed by atoms with E-state index in [1.54, 1.807) is 32.0 Å². The quantitative estimate of drug-likeness (QED) is 0.188. The smallest absolute Gasteiger partial charge is 0.344 e. The van der Waals surface area contributed by atoms with Crippen LogP contribution >= 0.6 is 0 Å². The summed E-state index contributed by atoms with van der Waals surface area (Å²) in [5, 5.41) is 2.33. The van der Waals surface area contributed by atoms with Gasteiger partial charge in [-0.05, 0) is 38.3 Å². The van der Waals surface area contributed by atoms with Crippen molar-refractivity contribution < 1.29 is 28.7 Å². The highest BCUT2D eigenvalue weighted by Gasteiger charge is 2.51. The minimum absolute atomic E-state index is 0.0124. The molecule has 0 bridgehead atoms. The van der Waals surface area contributed by atoms with Gasteiger partial charge in [-0.3, -0.25) is 9.59 Å². The molecule has 0 saturated carbocycles. The van der Waals surface area contributed by atoms with Crippen LogP contribution in [0.2, 0.25) is 0 Å². The normalized spacial score (nSPS) is 11.0. The Morgan fingerprint density at radius 1 is 0.875 bits per heavy atom. The lowest BCUT2D eigenvalue weighted by atomic mass is 9.89. The summed E-state index contributed by atoms with van der Waals surface area (Å²) in [6.45, 7) is 6.49. The van der Waals surface area contributed by atoms with Gasteiger partial charge in [-0.15, -0.1) is 0 Å². The third kappa shape index (κ3) is 8.44. The molecule has 1 rings (SSSR count). The van der Waals surface area contributed by atoms with Crippen molar-refractivity contribution in [2.24, 2.45) is 0 Å². The summed E-state index contributed by atoms with van der Waals surface area (Å²) in [6.07, 6.45) is 7.33. The van der Waals surface area contributed by atoms with Crippen LogP contribution in [-0.2, 0) is 30.3 Å². The van der Waals surface area contributed by atoms with Gasteiger partial charge in [0.05, 0.1) is 19.6 Å². The Morgan fingerprint density at radius 2 is 1.47 bits per heavy atom. The zero-order valence-electron chi connectivity index (χ0n) is 19.8. The van der Waals surface area contributed by atoms with Crippen LogP contribution in [0.15, 0.2) is 24.3 Å². The molecular weight excluding hydrogens is 410 g/mol. The van der Waals surface area contributed by atoms with Crippen LogP contribution in [0.1, 0.15) is 88.6 Å². The van der Waals surface area contributed by atoms with Gasteiger partial charge < -0.3 is 14.8 Å². The van der Waals surface area contributed by atoms with E-state index in [-0.39, 0.29) is 13.2 Å². The van der Waals surface area contributed by atoms with Crippen molar-refractivity contribution in [3.63, 3.8) is 0 Å². The molecule has 1 aromatic rings. The number of benzene rings is 1. The Morgan fingerprint density at radius 3 is 2.03 bits per heavy atom. The monoisotopic (exact) mass is 447 g/mol. The number of ether oxygens (including phenoxy) is 2. The van der Waals surface area contributed by atoms with Gasteiger partial charge in [0.2, 0.25) is 11.4 Å². The van der Waals surface area contributed by atoms with E-state index in [4.69, 9.17) is 9.47 Å². The zero-order valence-corrected chi connectivity index (χ0v) is 19.8. The third-order valence-corrected chi connectivity index (χ3v) is 5.13. The first-order chi connectivity index (χ1) is 15.3. The maximum atomic E-state index is 13.1. The topological polar surface area (TPSA) is 98.8 Å². The minimum atomic E-state index is -2.22. The van der Waals surface area contributed by atoms with Gasteiger partial charge >= 0.3 is 11.9 Å². The van der Waals surface area contributed by atoms with Crippen LogP contribution < -0.4 is 5.32 Å². The average Bonchev–Trinajstić information content (AvgIpc) is 2.75. The summed E-state index contributed by atoms with van der Waals surface area (Å²) in [4.78, 5) is 50.3. The number of hydrogen-bond donors (Lipinski definition) is 1. The number of esters is 2. The van der Waals surface area contributed by atoms with Crippen LogP contribution in [0.4, 0.5) is 0 Å². The second kappa shape index (κ2) is 14.4. The largest absolute Gasteiger partial charge is 0.464 e. The first-order valence-electron chi connectivity index (χ1n) is 11.6. The second-order valence-corrected chi connectivity index (χ2v) is 7.85. The fourth-order valence-electron chi connectivity index (χ4n) is 3.54. The van der Waals surface area contributed by atoms with Gasteiger partial charge in [-0.1, -0.05) is 57.2 Å². The molecule has 1 N–H and O–H groups in total. The maximum Gasteiger partial charge on any atom is 0.344 e. The number of hydrogen-bond acceptors (Lipinski definition) is 6. The van der Waals surface area contributed by atoms with Gasteiger partial charge in [-0.25, -0.2) is 9.59 Å². The summed E-state index contributed by atoms with van der Waals surface area (Å²) < 4.78 is 10.0. The predicted molar refractivity (Wildman–Crippen MR) is 122 cm³/mol. The molecule has 1 amide bonds. The van der Waals surface area contributed by atoms with E-state index in [9.17, 15) is 19.2 Å². The fraction of sp³-hybridized carbons (Fsp3) is 0.600. The number of carbonyl (C=O) groups excluding carboxylic acids is 4. The van der Waals surface area contributed by atoms with Crippen molar-refractivity contribution in [2.45, 2.75) is 84.6 Å². The first kappa shape index (κ1) is 27.3. The summed E-state index contributed by atoms with van der Waals surface area (Å²) in [7, 11) is 0. The lowest BCUT2D eigenvalue weighted by Gasteiger charge is -2.29. The van der Waals surface area contributed by atoms with E-state index in [0.29, 0.717) is 5.56 Å². The van der Waals surface area contributed by atoms with E-state index in [1.807, 2.05) is 6.07 Å². The van der Waals surface area contributed by atoms with Crippen molar-refractivity contribution in [3.05, 3.63) is 35.4 Å². The van der Waals surface area contributed by atoms with Crippen LogP contribution in [0, 0.1) is 0 Å². The zero-order chi connectivity index (χ0) is 24.0. The molecule has 0 atom stereocenters. The van der Waals surface area contributed by atoms with Crippen LogP contribution in [0.3, 0.4) is 0 Å². The van der Waals surface area contributed by atoms with E-state index in [2.05, 4.69) is 12.2 Å². The van der Waals surface area contributed by atoms with E-state index in [0.717, 1.165) is 24.8 Å². The van der Waals surface area contributed by atoms with Crippen molar-refractivity contribution in [2.75, 3.05) is 13.2 Å². The van der Waals surface area contributed by atoms with E-state index in [1.165, 1.54) is 32.6 Å². The van der Waals surface area contributed by atoms with Crippen molar-refractivity contribution in [1.29, 1.82) is 0 Å². The predicted octanol–water partition coefficient (Wildman–Crippen LogP) is 4.16. The van der Waals surface area contributed by atoms with E-state index >= 15 is 0 Å². The molecule has 0 saturated heterocycles. The van der Waals surface area contributed by atoms with Crippen molar-refractivity contribution in [3.8, 4) is 0 Å². The minimum Gasteiger partial charge on any atom is -0.464 e. The van der Waals surface area contributed by atoms with Crippen molar-refractivity contribution in [1.82, 2.24) is 5.32 Å². The van der Waals surface area contributed by atoms with Gasteiger partial charge in [0.25, 0.3) is 0 Å². The van der Waals surface area contributed by atoms with Gasteiger partial charge in [0, 0.05) is 12.5 Å². The molecule has 1 aromatic carbocycles. The molecule has 7 heteroatoms. The Hall–Kier alpha value is -2.70. The highest BCUT2D eigenvalue weighted by atomic mass is 16.6. The van der Waals surface area contributed by atoms with Crippen LogP contribution in [0.25, 0.3) is 0 Å². The highest BCUT2D eigenvalue weighted by Crippen LogP contribution is 2.21. The number of aryl methyl sites for hydroxylation is 1. The Bertz CT molecular complexity index is 755. The Labute approximate surface area is 191 Å². The molecule has 0 aliphatic carbocycles. The second-order valence-electron chi connectivity index (χ2n) is 7.85. The third-order valence-electron chi connectivity index (χ3n) is 5.13. The number of unbranched alkanes of at least 4 members (excludes halogenated alkanes) is 5. The van der Waals surface area contributed by atoms with Gasteiger partial charge in [0.1, 0.15) is 0 Å². The molecule has 0 heterocycles. The molecular formula is C25H37NO6. The summed E-state index contributed by atoms with van der Waals surface area (Å²) in [5.41, 5.74) is -0.829. The molecule has 0 fully saturated rings. The molecule has 0 aromatic heterocycles. The molecule has 0 spiro atoms. The molecule has 7 nitrogen and oxygen atoms in total. The Kier molecular flexibility index (Phi) is 12.3. The van der Waals surface area contributed by atoms with Gasteiger partial charge in [0.15, 0.2) is 5.78 Å². The number of ketones is 1. The number of nitrogens with one attached hydrogen (secondary N) is 1. The molecule has 0 unspecified atom stereocenters. The SMILES string of the molecule is CCCCCCCCc1cccc(C(=O)CC(NC(C)=O)(C(=O)OCC)C(=O)OCC)c1. The molecule has 32 heavy (non-hydrogen) atoms. The van der Waals surface area contributed by atoms with E-state index < -0.39 is 35.6 Å². The molecule has 178 valence electrons. The number of rotatable bonds is 15. The summed E-state index contributed by atoms with van der Waals surface area (Å²) in [5.74, 6) is -3.11. The van der Waals surface area contributed by atoms with Crippen LogP contribution in [0.5, 0.6) is 0 Å². The van der Waals surface area contributed by atoms with Crippen molar-refractivity contribution >= 4 is 23.6 Å². The highest BCUT2D eigenvalue weighted by molar-refractivity contribution is 6.13. The average molecular weight is 448 g/mol. The fourth-order valence-corrected chi connectivity index (χ4v) is 3.54. The lowest BCUT2D eigenvalue weighted by molar-refractivity contribution is -0.167. The number of carbonyl (C=O) groups is 4. The number of amides is 1. The van der Waals surface area contributed by atoms with Crippen LogP contribution in [-0.4, -0.2) is 42.4 Å². The molecule has 0 aliphatic rings. The number of Topliss-reactive ketones (excluding diaryl/α,β-unsaturated/α-hetero) is 1. The molecule has 0 radical (unpaired) electrons. The Balaban J connectivity index is 3.02. The van der Waals surface area contributed by atoms with Gasteiger partial charge in [-0.2, -0.15) is 0 Å². The molecule has 0 aliphatic heterocycles. The standard InChI is InChI=1S/C25H37NO6/c1-5-8-9-10-11-12-14-20-15-13-16-21(17-20)22(28)18-25(26-19(4)27,23(29)31-6-2)24(30)32-7-3/h13,15-17H,5-12,14,18H2,1-4H3,(H,26,27). The summed E-state index contributed by atoms with van der Waals surface area (Å²) >= 11 is 0.